The van der Waals surface area contributed by atoms with Crippen molar-refractivity contribution in [1.29, 1.82) is 0 Å². The zero-order chi connectivity index (χ0) is 19.4. The van der Waals surface area contributed by atoms with E-state index in [1.165, 1.54) is 22.3 Å². The van der Waals surface area contributed by atoms with Crippen LogP contribution in [-0.2, 0) is 22.4 Å². The van der Waals surface area contributed by atoms with Crippen molar-refractivity contribution in [3.05, 3.63) is 45.7 Å². The molecule has 27 heavy (non-hydrogen) atoms. The molecule has 2 aromatic heterocycles. The van der Waals surface area contributed by atoms with Crippen molar-refractivity contribution in [3.8, 4) is 0 Å². The number of carbonyl (C=O) groups excluding carboxylic acids is 2. The molecule has 3 rings (SSSR count). The molecule has 1 amide bonds. The van der Waals surface area contributed by atoms with Crippen molar-refractivity contribution in [2.24, 2.45) is 0 Å². The smallest absolute Gasteiger partial charge is 0.341 e. The van der Waals surface area contributed by atoms with E-state index < -0.39 is 0 Å². The average molecular weight is 388 g/mol. The van der Waals surface area contributed by atoms with Crippen molar-refractivity contribution in [1.82, 2.24) is 0 Å². The number of ether oxygens (including phenoxy) is 1. The van der Waals surface area contributed by atoms with Gasteiger partial charge < -0.3 is 14.5 Å². The lowest BCUT2D eigenvalue weighted by molar-refractivity contribution is -0.111. The molecule has 5 nitrogen and oxygen atoms in total. The van der Waals surface area contributed by atoms with Crippen LogP contribution < -0.4 is 5.32 Å². The molecule has 144 valence electrons. The number of hydrogen-bond donors (Lipinski definition) is 1. The van der Waals surface area contributed by atoms with Gasteiger partial charge in [0, 0.05) is 11.0 Å². The summed E-state index contributed by atoms with van der Waals surface area (Å²) in [4.78, 5) is 26.3. The molecule has 0 aliphatic heterocycles. The van der Waals surface area contributed by atoms with Gasteiger partial charge in [0.15, 0.2) is 0 Å². The first kappa shape index (κ1) is 19.4. The first-order valence-electron chi connectivity index (χ1n) is 9.39. The summed E-state index contributed by atoms with van der Waals surface area (Å²) in [6, 6.07) is 3.64. The van der Waals surface area contributed by atoms with Crippen LogP contribution in [0.5, 0.6) is 0 Å². The van der Waals surface area contributed by atoms with E-state index in [1.807, 2.05) is 26.8 Å². The summed E-state index contributed by atoms with van der Waals surface area (Å²) >= 11 is 1.49. The highest BCUT2D eigenvalue weighted by Gasteiger charge is 2.27. The minimum atomic E-state index is -0.343. The van der Waals surface area contributed by atoms with Crippen LogP contribution in [0.4, 0.5) is 5.00 Å². The molecule has 0 saturated heterocycles. The van der Waals surface area contributed by atoms with Gasteiger partial charge in [0.1, 0.15) is 16.5 Å². The first-order valence-corrected chi connectivity index (χ1v) is 10.2. The van der Waals surface area contributed by atoms with E-state index in [4.69, 9.17) is 9.15 Å². The van der Waals surface area contributed by atoms with Crippen LogP contribution in [0.3, 0.4) is 0 Å². The molecule has 6 heteroatoms. The second kappa shape index (κ2) is 8.57. The number of anilines is 1. The SMILES string of the molecule is CC[C@H](C)OC(=O)c1c(NC(=O)/C=C/c2ccc(C)o2)sc2c1CCCC2. The zero-order valence-electron chi connectivity index (χ0n) is 16.0. The maximum absolute atomic E-state index is 12.7. The number of amides is 1. The molecule has 1 aliphatic carbocycles. The highest BCUT2D eigenvalue weighted by Crippen LogP contribution is 2.38. The normalized spacial score (nSPS) is 14.8. The number of furan rings is 1. The van der Waals surface area contributed by atoms with Gasteiger partial charge in [-0.1, -0.05) is 6.92 Å². The summed E-state index contributed by atoms with van der Waals surface area (Å²) in [5.41, 5.74) is 1.58. The Morgan fingerprint density at radius 1 is 1.33 bits per heavy atom. The molecule has 0 saturated carbocycles. The Balaban J connectivity index is 1.81. The van der Waals surface area contributed by atoms with Crippen LogP contribution in [0.15, 0.2) is 22.6 Å². The van der Waals surface area contributed by atoms with Crippen molar-refractivity contribution < 1.29 is 18.7 Å². The number of carbonyl (C=O) groups is 2. The van der Waals surface area contributed by atoms with Gasteiger partial charge in [-0.05, 0) is 69.7 Å². The van der Waals surface area contributed by atoms with Crippen LogP contribution in [0.2, 0.25) is 0 Å². The van der Waals surface area contributed by atoms with E-state index >= 15 is 0 Å². The molecule has 0 unspecified atom stereocenters. The number of fused-ring (bicyclic) bond motifs is 1. The summed E-state index contributed by atoms with van der Waals surface area (Å²) in [6.45, 7) is 5.71. The largest absolute Gasteiger partial charge is 0.462 e. The van der Waals surface area contributed by atoms with Crippen LogP contribution >= 0.6 is 11.3 Å². The van der Waals surface area contributed by atoms with E-state index in [0.717, 1.165) is 43.4 Å². The fraction of sp³-hybridized carbons (Fsp3) is 0.429. The lowest BCUT2D eigenvalue weighted by atomic mass is 9.95. The molecule has 0 spiro atoms. The number of rotatable bonds is 6. The Bertz CT molecular complexity index is 862. The fourth-order valence-corrected chi connectivity index (χ4v) is 4.33. The Kier molecular flexibility index (Phi) is 6.16. The number of aryl methyl sites for hydroxylation is 2. The van der Waals surface area contributed by atoms with Gasteiger partial charge in [0.05, 0.1) is 11.7 Å². The molecule has 1 aliphatic rings. The third-order valence-electron chi connectivity index (χ3n) is 4.66. The fourth-order valence-electron chi connectivity index (χ4n) is 3.05. The Morgan fingerprint density at radius 3 is 2.81 bits per heavy atom. The lowest BCUT2D eigenvalue weighted by Gasteiger charge is -2.15. The minimum Gasteiger partial charge on any atom is -0.462 e. The van der Waals surface area contributed by atoms with Gasteiger partial charge >= 0.3 is 5.97 Å². The van der Waals surface area contributed by atoms with E-state index in [1.54, 1.807) is 12.1 Å². The number of esters is 1. The van der Waals surface area contributed by atoms with Gasteiger partial charge in [-0.15, -0.1) is 11.3 Å². The van der Waals surface area contributed by atoms with E-state index in [2.05, 4.69) is 5.32 Å². The molecule has 1 atom stereocenters. The monoisotopic (exact) mass is 387 g/mol. The van der Waals surface area contributed by atoms with Gasteiger partial charge in [0.25, 0.3) is 0 Å². The second-order valence-electron chi connectivity index (χ2n) is 6.81. The van der Waals surface area contributed by atoms with E-state index in [-0.39, 0.29) is 18.0 Å². The Hall–Kier alpha value is -2.34. The van der Waals surface area contributed by atoms with Crippen molar-refractivity contribution >= 4 is 34.3 Å². The van der Waals surface area contributed by atoms with Gasteiger partial charge in [0.2, 0.25) is 5.91 Å². The average Bonchev–Trinajstić information content (AvgIpc) is 3.22. The molecular formula is C21H25NO4S. The quantitative estimate of drug-likeness (QED) is 0.551. The third-order valence-corrected chi connectivity index (χ3v) is 5.86. The Labute approximate surface area is 163 Å². The molecular weight excluding hydrogens is 362 g/mol. The lowest BCUT2D eigenvalue weighted by Crippen LogP contribution is -2.18. The highest BCUT2D eigenvalue weighted by atomic mass is 32.1. The van der Waals surface area contributed by atoms with Crippen LogP contribution in [0.1, 0.15) is 65.4 Å². The summed E-state index contributed by atoms with van der Waals surface area (Å²) < 4.78 is 11.0. The van der Waals surface area contributed by atoms with Crippen LogP contribution in [0.25, 0.3) is 6.08 Å². The summed E-state index contributed by atoms with van der Waals surface area (Å²) in [5.74, 6) is 0.769. The molecule has 0 bridgehead atoms. The molecule has 0 radical (unpaired) electrons. The standard InChI is InChI=1S/C21H25NO4S/c1-4-13(2)26-21(24)19-16-7-5-6-8-17(16)27-20(19)22-18(23)12-11-15-10-9-14(3)25-15/h9-13H,4-8H2,1-3H3,(H,22,23)/b12-11+/t13-/m0/s1. The third kappa shape index (κ3) is 4.69. The number of thiophene rings is 1. The minimum absolute atomic E-state index is 0.151. The second-order valence-corrected chi connectivity index (χ2v) is 7.92. The van der Waals surface area contributed by atoms with E-state index in [0.29, 0.717) is 16.3 Å². The van der Waals surface area contributed by atoms with E-state index in [9.17, 15) is 9.59 Å². The highest BCUT2D eigenvalue weighted by molar-refractivity contribution is 7.17. The maximum atomic E-state index is 12.7. The molecule has 2 heterocycles. The summed E-state index contributed by atoms with van der Waals surface area (Å²) in [7, 11) is 0. The number of hydrogen-bond acceptors (Lipinski definition) is 5. The summed E-state index contributed by atoms with van der Waals surface area (Å²) in [5, 5.41) is 3.45. The zero-order valence-corrected chi connectivity index (χ0v) is 16.8. The van der Waals surface area contributed by atoms with Crippen LogP contribution in [-0.4, -0.2) is 18.0 Å². The Morgan fingerprint density at radius 2 is 2.11 bits per heavy atom. The maximum Gasteiger partial charge on any atom is 0.341 e. The molecule has 2 aromatic rings. The predicted molar refractivity (Wildman–Crippen MR) is 107 cm³/mol. The van der Waals surface area contributed by atoms with Crippen molar-refractivity contribution in [2.45, 2.75) is 59.0 Å². The van der Waals surface area contributed by atoms with Gasteiger partial charge in [-0.3, -0.25) is 4.79 Å². The van der Waals surface area contributed by atoms with Crippen LogP contribution in [0, 0.1) is 6.92 Å². The molecule has 0 fully saturated rings. The van der Waals surface area contributed by atoms with Crippen molar-refractivity contribution in [2.75, 3.05) is 5.32 Å². The van der Waals surface area contributed by atoms with Crippen molar-refractivity contribution in [3.63, 3.8) is 0 Å². The molecule has 1 N–H and O–H groups in total. The number of nitrogens with one attached hydrogen (secondary N) is 1. The van der Waals surface area contributed by atoms with Gasteiger partial charge in [-0.2, -0.15) is 0 Å². The van der Waals surface area contributed by atoms with Gasteiger partial charge in [-0.25, -0.2) is 4.79 Å². The molecule has 0 aromatic carbocycles. The first-order chi connectivity index (χ1) is 13.0. The topological polar surface area (TPSA) is 68.5 Å². The summed E-state index contributed by atoms with van der Waals surface area (Å²) in [6.07, 6.45) is 7.60. The predicted octanol–water partition coefficient (Wildman–Crippen LogP) is 5.14.